The first-order valence-electron chi connectivity index (χ1n) is 6.04. The van der Waals surface area contributed by atoms with Crippen molar-refractivity contribution in [3.8, 4) is 0 Å². The van der Waals surface area contributed by atoms with Gasteiger partial charge in [0.1, 0.15) is 0 Å². The van der Waals surface area contributed by atoms with Crippen molar-refractivity contribution in [3.63, 3.8) is 0 Å². The summed E-state index contributed by atoms with van der Waals surface area (Å²) in [6.07, 6.45) is 4.98. The van der Waals surface area contributed by atoms with Gasteiger partial charge in [0.25, 0.3) is 0 Å². The van der Waals surface area contributed by atoms with E-state index in [2.05, 4.69) is 37.5 Å². The number of nitrogens with one attached hydrogen (secondary N) is 1. The number of hydrogen-bond acceptors (Lipinski definition) is 2. The Labute approximate surface area is 97.9 Å². The van der Waals surface area contributed by atoms with E-state index in [-0.39, 0.29) is 0 Å². The number of thiophene rings is 1. The van der Waals surface area contributed by atoms with E-state index >= 15 is 0 Å². The van der Waals surface area contributed by atoms with Crippen LogP contribution in [0.1, 0.15) is 43.6 Å². The van der Waals surface area contributed by atoms with E-state index in [1.807, 2.05) is 11.3 Å². The third-order valence-corrected chi connectivity index (χ3v) is 3.95. The molecule has 0 bridgehead atoms. The first-order valence-corrected chi connectivity index (χ1v) is 6.92. The minimum Gasteiger partial charge on any atom is -0.314 e. The topological polar surface area (TPSA) is 12.0 Å². The molecule has 86 valence electrons. The Hall–Kier alpha value is -0.340. The van der Waals surface area contributed by atoms with Crippen LogP contribution in [-0.4, -0.2) is 12.6 Å². The molecule has 0 aliphatic carbocycles. The van der Waals surface area contributed by atoms with Gasteiger partial charge >= 0.3 is 0 Å². The van der Waals surface area contributed by atoms with Gasteiger partial charge in [0.2, 0.25) is 0 Å². The van der Waals surface area contributed by atoms with Crippen molar-refractivity contribution in [2.75, 3.05) is 6.54 Å². The second-order valence-electron chi connectivity index (χ2n) is 4.12. The van der Waals surface area contributed by atoms with Crippen LogP contribution in [0, 0.1) is 6.92 Å². The zero-order chi connectivity index (χ0) is 11.1. The highest BCUT2D eigenvalue weighted by Crippen LogP contribution is 2.18. The van der Waals surface area contributed by atoms with Crippen LogP contribution in [0.3, 0.4) is 0 Å². The smallest absolute Gasteiger partial charge is 0.00749 e. The van der Waals surface area contributed by atoms with E-state index in [4.69, 9.17) is 0 Å². The molecule has 1 nitrogen and oxygen atoms in total. The van der Waals surface area contributed by atoms with Crippen molar-refractivity contribution >= 4 is 11.3 Å². The molecule has 0 aliphatic heterocycles. The fourth-order valence-electron chi connectivity index (χ4n) is 1.76. The van der Waals surface area contributed by atoms with Crippen molar-refractivity contribution in [1.82, 2.24) is 5.32 Å². The fraction of sp³-hybridized carbons (Fsp3) is 0.692. The molecule has 1 rings (SSSR count). The number of rotatable bonds is 7. The van der Waals surface area contributed by atoms with Crippen LogP contribution in [0.15, 0.2) is 11.4 Å². The Morgan fingerprint density at radius 3 is 2.73 bits per heavy atom. The Balaban J connectivity index is 2.31. The Kier molecular flexibility index (Phi) is 5.96. The van der Waals surface area contributed by atoms with Crippen LogP contribution < -0.4 is 5.32 Å². The molecule has 0 radical (unpaired) electrons. The summed E-state index contributed by atoms with van der Waals surface area (Å²) in [6.45, 7) is 7.87. The monoisotopic (exact) mass is 225 g/mol. The summed E-state index contributed by atoms with van der Waals surface area (Å²) in [4.78, 5) is 1.56. The van der Waals surface area contributed by atoms with Crippen LogP contribution in [0.4, 0.5) is 0 Å². The lowest BCUT2D eigenvalue weighted by Gasteiger charge is -2.16. The second kappa shape index (κ2) is 7.02. The molecule has 1 unspecified atom stereocenters. The van der Waals surface area contributed by atoms with Crippen LogP contribution in [0.5, 0.6) is 0 Å². The van der Waals surface area contributed by atoms with Gasteiger partial charge < -0.3 is 5.32 Å². The average molecular weight is 225 g/mol. The van der Waals surface area contributed by atoms with Crippen molar-refractivity contribution in [3.05, 3.63) is 21.9 Å². The normalized spacial score (nSPS) is 13.0. The maximum atomic E-state index is 3.61. The molecule has 0 fully saturated rings. The van der Waals surface area contributed by atoms with Crippen LogP contribution in [-0.2, 0) is 6.42 Å². The van der Waals surface area contributed by atoms with Gasteiger partial charge in [-0.1, -0.05) is 13.8 Å². The molecule has 0 spiro atoms. The van der Waals surface area contributed by atoms with Gasteiger partial charge in [-0.3, -0.25) is 0 Å². The van der Waals surface area contributed by atoms with Crippen LogP contribution in [0.2, 0.25) is 0 Å². The van der Waals surface area contributed by atoms with E-state index in [1.54, 1.807) is 4.88 Å². The summed E-state index contributed by atoms with van der Waals surface area (Å²) in [5.74, 6) is 0. The zero-order valence-electron chi connectivity index (χ0n) is 10.2. The summed E-state index contributed by atoms with van der Waals surface area (Å²) >= 11 is 1.90. The van der Waals surface area contributed by atoms with Crippen LogP contribution in [0.25, 0.3) is 0 Å². The van der Waals surface area contributed by atoms with E-state index in [9.17, 15) is 0 Å². The van der Waals surface area contributed by atoms with Crippen molar-refractivity contribution in [1.29, 1.82) is 0 Å². The summed E-state index contributed by atoms with van der Waals surface area (Å²) in [5, 5.41) is 5.81. The van der Waals surface area contributed by atoms with E-state index in [1.165, 1.54) is 31.2 Å². The molecule has 1 atom stereocenters. The molecule has 0 amide bonds. The predicted octanol–water partition coefficient (Wildman–Crippen LogP) is 3.77. The summed E-state index contributed by atoms with van der Waals surface area (Å²) in [5.41, 5.74) is 1.46. The highest BCUT2D eigenvalue weighted by Gasteiger charge is 2.06. The minimum atomic E-state index is 0.700. The highest BCUT2D eigenvalue weighted by atomic mass is 32.1. The Morgan fingerprint density at radius 1 is 1.40 bits per heavy atom. The van der Waals surface area contributed by atoms with Gasteiger partial charge in [0.05, 0.1) is 0 Å². The van der Waals surface area contributed by atoms with Gasteiger partial charge in [-0.2, -0.15) is 0 Å². The molecule has 1 N–H and O–H groups in total. The van der Waals surface area contributed by atoms with E-state index < -0.39 is 0 Å². The minimum absolute atomic E-state index is 0.700. The Bertz CT molecular complexity index is 267. The maximum Gasteiger partial charge on any atom is 0.00749 e. The maximum absolute atomic E-state index is 3.61. The average Bonchev–Trinajstić information content (AvgIpc) is 2.65. The molecule has 1 aromatic rings. The molecule has 0 aliphatic rings. The van der Waals surface area contributed by atoms with Crippen molar-refractivity contribution < 1.29 is 0 Å². The first-order chi connectivity index (χ1) is 7.27. The largest absolute Gasteiger partial charge is 0.314 e. The van der Waals surface area contributed by atoms with Crippen molar-refractivity contribution in [2.45, 2.75) is 52.5 Å². The van der Waals surface area contributed by atoms with Gasteiger partial charge in [-0.15, -0.1) is 11.3 Å². The molecule has 0 aromatic carbocycles. The van der Waals surface area contributed by atoms with Gasteiger partial charge in [-0.25, -0.2) is 0 Å². The highest BCUT2D eigenvalue weighted by molar-refractivity contribution is 7.10. The third-order valence-electron chi connectivity index (χ3n) is 2.86. The number of aryl methyl sites for hydroxylation is 2. The zero-order valence-corrected chi connectivity index (χ0v) is 11.0. The molecule has 0 saturated heterocycles. The standard InChI is InChI=1S/C13H23NS/c1-4-9-14-12(5-2)6-7-13-11(3)8-10-15-13/h8,10,12,14H,4-7,9H2,1-3H3. The summed E-state index contributed by atoms with van der Waals surface area (Å²) < 4.78 is 0. The molecule has 1 aromatic heterocycles. The quantitative estimate of drug-likeness (QED) is 0.745. The lowest BCUT2D eigenvalue weighted by molar-refractivity contribution is 0.469. The Morgan fingerprint density at radius 2 is 2.20 bits per heavy atom. The van der Waals surface area contributed by atoms with Gasteiger partial charge in [0, 0.05) is 10.9 Å². The SMILES string of the molecule is CCCNC(CC)CCc1sccc1C. The van der Waals surface area contributed by atoms with Crippen molar-refractivity contribution in [2.24, 2.45) is 0 Å². The van der Waals surface area contributed by atoms with Gasteiger partial charge in [-0.05, 0) is 56.2 Å². The van der Waals surface area contributed by atoms with Crippen LogP contribution >= 0.6 is 11.3 Å². The molecular weight excluding hydrogens is 202 g/mol. The lowest BCUT2D eigenvalue weighted by Crippen LogP contribution is -2.29. The predicted molar refractivity (Wildman–Crippen MR) is 69.7 cm³/mol. The number of hydrogen-bond donors (Lipinski definition) is 1. The lowest BCUT2D eigenvalue weighted by atomic mass is 10.1. The molecule has 0 saturated carbocycles. The first kappa shape index (κ1) is 12.7. The van der Waals surface area contributed by atoms with E-state index in [0.29, 0.717) is 6.04 Å². The third kappa shape index (κ3) is 4.35. The van der Waals surface area contributed by atoms with E-state index in [0.717, 1.165) is 6.54 Å². The molecule has 15 heavy (non-hydrogen) atoms. The second-order valence-corrected chi connectivity index (χ2v) is 5.13. The molecular formula is C13H23NS. The summed E-state index contributed by atoms with van der Waals surface area (Å²) in [7, 11) is 0. The summed E-state index contributed by atoms with van der Waals surface area (Å²) in [6, 6.07) is 2.92. The van der Waals surface area contributed by atoms with Gasteiger partial charge in [0.15, 0.2) is 0 Å². The molecule has 1 heterocycles. The fourth-order valence-corrected chi connectivity index (χ4v) is 2.69. The molecule has 2 heteroatoms.